The second kappa shape index (κ2) is 8.30. The van der Waals surface area contributed by atoms with Crippen molar-refractivity contribution < 1.29 is 0 Å². The summed E-state index contributed by atoms with van der Waals surface area (Å²) in [5.74, 6) is 1.61. The first-order valence-corrected chi connectivity index (χ1v) is 8.12. The van der Waals surface area contributed by atoms with Crippen molar-refractivity contribution in [1.82, 2.24) is 15.5 Å². The highest BCUT2D eigenvalue weighted by molar-refractivity contribution is 5.80. The zero-order valence-corrected chi connectivity index (χ0v) is 13.1. The highest BCUT2D eigenvalue weighted by Gasteiger charge is 2.15. The summed E-state index contributed by atoms with van der Waals surface area (Å²) in [4.78, 5) is 6.93. The van der Waals surface area contributed by atoms with Crippen molar-refractivity contribution in [2.24, 2.45) is 10.9 Å². The van der Waals surface area contributed by atoms with E-state index < -0.39 is 0 Å². The molecule has 0 spiro atoms. The monoisotopic (exact) mass is 278 g/mol. The molecule has 4 nitrogen and oxygen atoms in total. The number of aliphatic imine (C=N–C) groups is 1. The van der Waals surface area contributed by atoms with Crippen LogP contribution < -0.4 is 10.6 Å². The predicted molar refractivity (Wildman–Crippen MR) is 86.1 cm³/mol. The van der Waals surface area contributed by atoms with E-state index in [2.05, 4.69) is 39.6 Å². The number of likely N-dealkylation sites (tertiary alicyclic amines) is 1. The first-order valence-electron chi connectivity index (χ1n) is 8.12. The average Bonchev–Trinajstić information content (AvgIpc) is 2.97. The summed E-state index contributed by atoms with van der Waals surface area (Å²) < 4.78 is 0. The van der Waals surface area contributed by atoms with Crippen molar-refractivity contribution in [3.8, 4) is 0 Å². The lowest BCUT2D eigenvalue weighted by Gasteiger charge is -2.29. The lowest BCUT2D eigenvalue weighted by atomic mass is 10.1. The Morgan fingerprint density at radius 1 is 1.25 bits per heavy atom. The molecule has 0 aromatic rings. The van der Waals surface area contributed by atoms with Crippen LogP contribution in [0.25, 0.3) is 0 Å². The van der Waals surface area contributed by atoms with E-state index in [9.17, 15) is 0 Å². The van der Waals surface area contributed by atoms with Gasteiger partial charge in [0.1, 0.15) is 0 Å². The minimum Gasteiger partial charge on any atom is -0.356 e. The Kier molecular flexibility index (Phi) is 6.37. The summed E-state index contributed by atoms with van der Waals surface area (Å²) in [5.41, 5.74) is 0. The van der Waals surface area contributed by atoms with Gasteiger partial charge in [-0.15, -0.1) is 0 Å². The van der Waals surface area contributed by atoms with Gasteiger partial charge in [-0.25, -0.2) is 0 Å². The number of nitrogens with one attached hydrogen (secondary N) is 2. The van der Waals surface area contributed by atoms with E-state index in [0.29, 0.717) is 12.0 Å². The zero-order valence-electron chi connectivity index (χ0n) is 13.1. The molecule has 0 amide bonds. The van der Waals surface area contributed by atoms with Crippen LogP contribution in [0.1, 0.15) is 39.0 Å². The quantitative estimate of drug-likeness (QED) is 0.459. The summed E-state index contributed by atoms with van der Waals surface area (Å²) in [6.07, 6.45) is 10.9. The van der Waals surface area contributed by atoms with Crippen molar-refractivity contribution in [3.63, 3.8) is 0 Å². The van der Waals surface area contributed by atoms with Crippen LogP contribution in [0.4, 0.5) is 0 Å². The molecule has 114 valence electrons. The molecule has 4 heteroatoms. The number of hydrogen-bond donors (Lipinski definition) is 2. The van der Waals surface area contributed by atoms with Crippen LogP contribution in [-0.2, 0) is 0 Å². The highest BCUT2D eigenvalue weighted by atomic mass is 15.2. The number of rotatable bonds is 5. The molecular formula is C16H30N4. The van der Waals surface area contributed by atoms with Crippen molar-refractivity contribution in [1.29, 1.82) is 0 Å². The average molecular weight is 278 g/mol. The second-order valence-electron chi connectivity index (χ2n) is 6.20. The minimum absolute atomic E-state index is 0.526. The maximum Gasteiger partial charge on any atom is 0.191 e. The first-order chi connectivity index (χ1) is 9.78. The lowest BCUT2D eigenvalue weighted by molar-refractivity contribution is 0.201. The fraction of sp³-hybridized carbons (Fsp3) is 0.812. The number of hydrogen-bond acceptors (Lipinski definition) is 2. The Labute approximate surface area is 123 Å². The van der Waals surface area contributed by atoms with Crippen molar-refractivity contribution >= 4 is 5.96 Å². The molecule has 1 aliphatic heterocycles. The van der Waals surface area contributed by atoms with Crippen LogP contribution >= 0.6 is 0 Å². The number of piperidine rings is 1. The van der Waals surface area contributed by atoms with E-state index in [1.807, 2.05) is 7.05 Å². The standard InChI is InChI=1S/C16H30N4/c1-14(13-20-10-6-3-7-11-20)12-18-16(17-2)19-15-8-4-5-9-15/h4-5,14-15H,3,6-13H2,1-2H3,(H2,17,18,19). The minimum atomic E-state index is 0.526. The van der Waals surface area contributed by atoms with E-state index in [4.69, 9.17) is 0 Å². The molecule has 1 saturated heterocycles. The maximum atomic E-state index is 4.32. The van der Waals surface area contributed by atoms with Gasteiger partial charge in [-0.3, -0.25) is 4.99 Å². The van der Waals surface area contributed by atoms with Crippen LogP contribution in [0.5, 0.6) is 0 Å². The molecule has 0 saturated carbocycles. The molecule has 20 heavy (non-hydrogen) atoms. The van der Waals surface area contributed by atoms with E-state index in [0.717, 1.165) is 25.3 Å². The Balaban J connectivity index is 1.64. The fourth-order valence-corrected chi connectivity index (χ4v) is 3.04. The van der Waals surface area contributed by atoms with Crippen molar-refractivity contribution in [2.45, 2.75) is 45.1 Å². The third-order valence-electron chi connectivity index (χ3n) is 4.21. The molecule has 0 bridgehead atoms. The molecule has 1 atom stereocenters. The fourth-order valence-electron chi connectivity index (χ4n) is 3.04. The molecule has 2 aliphatic rings. The molecular weight excluding hydrogens is 248 g/mol. The Morgan fingerprint density at radius 2 is 1.95 bits per heavy atom. The van der Waals surface area contributed by atoms with Crippen molar-refractivity contribution in [3.05, 3.63) is 12.2 Å². The van der Waals surface area contributed by atoms with Gasteiger partial charge in [-0.2, -0.15) is 0 Å². The Bertz CT molecular complexity index is 323. The van der Waals surface area contributed by atoms with Gasteiger partial charge < -0.3 is 15.5 Å². The largest absolute Gasteiger partial charge is 0.356 e. The molecule has 2 rings (SSSR count). The number of guanidine groups is 1. The summed E-state index contributed by atoms with van der Waals surface area (Å²) in [6.45, 7) is 7.09. The topological polar surface area (TPSA) is 39.7 Å². The van der Waals surface area contributed by atoms with E-state index in [-0.39, 0.29) is 0 Å². The van der Waals surface area contributed by atoms with E-state index in [1.54, 1.807) is 0 Å². The maximum absolute atomic E-state index is 4.32. The SMILES string of the molecule is CN=C(NCC(C)CN1CCCCC1)NC1CC=CC1. The Hall–Kier alpha value is -1.03. The molecule has 1 fully saturated rings. The van der Waals surface area contributed by atoms with Gasteiger partial charge in [0.15, 0.2) is 5.96 Å². The van der Waals surface area contributed by atoms with Gasteiger partial charge in [-0.05, 0) is 44.7 Å². The number of nitrogens with zero attached hydrogens (tertiary/aromatic N) is 2. The first kappa shape index (κ1) is 15.4. The molecule has 1 heterocycles. The van der Waals surface area contributed by atoms with Gasteiger partial charge in [0, 0.05) is 26.2 Å². The summed E-state index contributed by atoms with van der Waals surface area (Å²) in [7, 11) is 1.85. The van der Waals surface area contributed by atoms with Crippen LogP contribution in [0, 0.1) is 5.92 Å². The predicted octanol–water partition coefficient (Wildman–Crippen LogP) is 1.99. The van der Waals surface area contributed by atoms with Gasteiger partial charge in [0.2, 0.25) is 0 Å². The molecule has 1 unspecified atom stereocenters. The van der Waals surface area contributed by atoms with Gasteiger partial charge in [0.25, 0.3) is 0 Å². The third kappa shape index (κ3) is 5.16. The molecule has 0 aromatic heterocycles. The lowest BCUT2D eigenvalue weighted by Crippen LogP contribution is -2.45. The zero-order chi connectivity index (χ0) is 14.2. The van der Waals surface area contributed by atoms with Crippen LogP contribution in [0.15, 0.2) is 17.1 Å². The van der Waals surface area contributed by atoms with E-state index >= 15 is 0 Å². The van der Waals surface area contributed by atoms with Crippen LogP contribution in [0.2, 0.25) is 0 Å². The molecule has 0 radical (unpaired) electrons. The third-order valence-corrected chi connectivity index (χ3v) is 4.21. The van der Waals surface area contributed by atoms with Gasteiger partial charge in [0.05, 0.1) is 0 Å². The van der Waals surface area contributed by atoms with E-state index in [1.165, 1.54) is 38.9 Å². The molecule has 0 aromatic carbocycles. The molecule has 1 aliphatic carbocycles. The smallest absolute Gasteiger partial charge is 0.191 e. The highest BCUT2D eigenvalue weighted by Crippen LogP contribution is 2.11. The summed E-state index contributed by atoms with van der Waals surface area (Å²) >= 11 is 0. The van der Waals surface area contributed by atoms with Crippen LogP contribution in [0.3, 0.4) is 0 Å². The second-order valence-corrected chi connectivity index (χ2v) is 6.20. The summed E-state index contributed by atoms with van der Waals surface area (Å²) in [6, 6.07) is 0.526. The van der Waals surface area contributed by atoms with Gasteiger partial charge in [-0.1, -0.05) is 25.5 Å². The Morgan fingerprint density at radius 3 is 2.60 bits per heavy atom. The summed E-state index contributed by atoms with van der Waals surface area (Å²) in [5, 5.41) is 6.96. The van der Waals surface area contributed by atoms with Gasteiger partial charge >= 0.3 is 0 Å². The van der Waals surface area contributed by atoms with Crippen LogP contribution in [-0.4, -0.2) is 50.1 Å². The molecule has 2 N–H and O–H groups in total. The normalized spacial score (nSPS) is 23.0. The van der Waals surface area contributed by atoms with Crippen molar-refractivity contribution in [2.75, 3.05) is 33.2 Å².